The Hall–Kier alpha value is -0.570. The van der Waals surface area contributed by atoms with E-state index in [1.165, 1.54) is 11.1 Å². The minimum absolute atomic E-state index is 0.417. The summed E-state index contributed by atoms with van der Waals surface area (Å²) in [5.41, 5.74) is 2.46. The maximum absolute atomic E-state index is 6.05. The van der Waals surface area contributed by atoms with E-state index in [4.69, 9.17) is 21.1 Å². The maximum atomic E-state index is 6.05. The van der Waals surface area contributed by atoms with E-state index in [1.807, 2.05) is 26.0 Å². The molecule has 17 heavy (non-hydrogen) atoms. The topological polar surface area (TPSA) is 18.5 Å². The Morgan fingerprint density at radius 3 is 2.47 bits per heavy atom. The van der Waals surface area contributed by atoms with Crippen molar-refractivity contribution >= 4 is 11.6 Å². The summed E-state index contributed by atoms with van der Waals surface area (Å²) in [5, 5.41) is 0.804. The van der Waals surface area contributed by atoms with E-state index in [1.54, 1.807) is 0 Å². The van der Waals surface area contributed by atoms with Gasteiger partial charge in [-0.1, -0.05) is 17.7 Å². The van der Waals surface area contributed by atoms with Crippen LogP contribution in [0.25, 0.3) is 0 Å². The predicted molar refractivity (Wildman–Crippen MR) is 69.4 cm³/mol. The molecule has 1 heterocycles. The fraction of sp³-hybridized carbons (Fsp3) is 0.571. The molecular formula is C14H19ClO2. The average Bonchev–Trinajstić information content (AvgIpc) is 2.20. The molecule has 94 valence electrons. The van der Waals surface area contributed by atoms with Crippen molar-refractivity contribution in [2.45, 2.75) is 33.0 Å². The van der Waals surface area contributed by atoms with Crippen LogP contribution in [0.15, 0.2) is 18.2 Å². The standard InChI is InChI=1S/C14H19ClO2/c1-10-4-11(7-13(15)5-10)6-12-8-16-14(2,3)17-9-12/h4-5,7,12H,6,8-9H2,1-3H3. The summed E-state index contributed by atoms with van der Waals surface area (Å²) >= 11 is 6.05. The summed E-state index contributed by atoms with van der Waals surface area (Å²) in [6.07, 6.45) is 0.956. The molecule has 3 heteroatoms. The second-order valence-electron chi connectivity index (χ2n) is 5.23. The molecule has 1 fully saturated rings. The monoisotopic (exact) mass is 254 g/mol. The molecule has 1 saturated heterocycles. The van der Waals surface area contributed by atoms with E-state index in [-0.39, 0.29) is 0 Å². The number of ether oxygens (including phenoxy) is 2. The van der Waals surface area contributed by atoms with Gasteiger partial charge in [0.1, 0.15) is 0 Å². The van der Waals surface area contributed by atoms with Crippen LogP contribution in [0, 0.1) is 12.8 Å². The number of benzene rings is 1. The van der Waals surface area contributed by atoms with Gasteiger partial charge >= 0.3 is 0 Å². The number of aryl methyl sites for hydroxylation is 1. The van der Waals surface area contributed by atoms with Crippen LogP contribution in [0.5, 0.6) is 0 Å². The van der Waals surface area contributed by atoms with Gasteiger partial charge in [0, 0.05) is 10.9 Å². The molecule has 0 radical (unpaired) electrons. The summed E-state index contributed by atoms with van der Waals surface area (Å²) in [5.74, 6) is -0.0123. The fourth-order valence-electron chi connectivity index (χ4n) is 2.11. The minimum atomic E-state index is -0.430. The Bertz CT molecular complexity index is 371. The molecule has 1 aromatic rings. The van der Waals surface area contributed by atoms with Gasteiger partial charge < -0.3 is 9.47 Å². The molecule has 1 aliphatic heterocycles. The molecule has 0 aliphatic carbocycles. The third-order valence-corrected chi connectivity index (χ3v) is 3.18. The van der Waals surface area contributed by atoms with Gasteiger partial charge in [-0.15, -0.1) is 0 Å². The lowest BCUT2D eigenvalue weighted by atomic mass is 9.98. The van der Waals surface area contributed by atoms with Crippen LogP contribution in [-0.4, -0.2) is 19.0 Å². The van der Waals surface area contributed by atoms with Crippen LogP contribution in [0.1, 0.15) is 25.0 Å². The van der Waals surface area contributed by atoms with Crippen LogP contribution in [0.2, 0.25) is 5.02 Å². The molecule has 0 unspecified atom stereocenters. The van der Waals surface area contributed by atoms with Gasteiger partial charge in [0.05, 0.1) is 13.2 Å². The Morgan fingerprint density at radius 2 is 1.88 bits per heavy atom. The number of hydrogen-bond acceptors (Lipinski definition) is 2. The van der Waals surface area contributed by atoms with Crippen molar-refractivity contribution in [2.24, 2.45) is 5.92 Å². The van der Waals surface area contributed by atoms with Crippen molar-refractivity contribution in [3.63, 3.8) is 0 Å². The molecule has 0 aromatic heterocycles. The highest BCUT2D eigenvalue weighted by molar-refractivity contribution is 6.30. The third-order valence-electron chi connectivity index (χ3n) is 2.96. The van der Waals surface area contributed by atoms with Crippen molar-refractivity contribution in [2.75, 3.05) is 13.2 Å². The Labute approximate surface area is 108 Å². The van der Waals surface area contributed by atoms with E-state index < -0.39 is 5.79 Å². The summed E-state index contributed by atoms with van der Waals surface area (Å²) in [4.78, 5) is 0. The molecule has 1 aromatic carbocycles. The van der Waals surface area contributed by atoms with Gasteiger partial charge in [-0.3, -0.25) is 0 Å². The molecule has 0 saturated carbocycles. The molecule has 2 rings (SSSR count). The van der Waals surface area contributed by atoms with Gasteiger partial charge in [0.25, 0.3) is 0 Å². The van der Waals surface area contributed by atoms with Crippen LogP contribution >= 0.6 is 11.6 Å². The zero-order valence-corrected chi connectivity index (χ0v) is 11.4. The zero-order chi connectivity index (χ0) is 12.5. The first kappa shape index (κ1) is 12.9. The third kappa shape index (κ3) is 3.70. The fourth-order valence-corrected chi connectivity index (χ4v) is 2.42. The smallest absolute Gasteiger partial charge is 0.162 e. The van der Waals surface area contributed by atoms with E-state index in [2.05, 4.69) is 13.0 Å². The van der Waals surface area contributed by atoms with E-state index in [9.17, 15) is 0 Å². The lowest BCUT2D eigenvalue weighted by molar-refractivity contribution is -0.261. The van der Waals surface area contributed by atoms with Gasteiger partial charge in [-0.25, -0.2) is 0 Å². The van der Waals surface area contributed by atoms with Crippen LogP contribution in [0.4, 0.5) is 0 Å². The van der Waals surface area contributed by atoms with Crippen molar-refractivity contribution in [3.05, 3.63) is 34.3 Å². The first-order valence-electron chi connectivity index (χ1n) is 5.98. The van der Waals surface area contributed by atoms with Gasteiger partial charge in [-0.05, 0) is 50.5 Å². The number of rotatable bonds is 2. The second-order valence-corrected chi connectivity index (χ2v) is 5.67. The Kier molecular flexibility index (Phi) is 3.76. The average molecular weight is 255 g/mol. The molecular weight excluding hydrogens is 236 g/mol. The minimum Gasteiger partial charge on any atom is -0.350 e. The molecule has 2 nitrogen and oxygen atoms in total. The van der Waals surface area contributed by atoms with Gasteiger partial charge in [0.15, 0.2) is 5.79 Å². The summed E-state index contributed by atoms with van der Waals surface area (Å²) in [7, 11) is 0. The summed E-state index contributed by atoms with van der Waals surface area (Å²) < 4.78 is 11.3. The van der Waals surface area contributed by atoms with Crippen LogP contribution in [-0.2, 0) is 15.9 Å². The maximum Gasteiger partial charge on any atom is 0.162 e. The highest BCUT2D eigenvalue weighted by atomic mass is 35.5. The largest absolute Gasteiger partial charge is 0.350 e. The molecule has 0 bridgehead atoms. The Balaban J connectivity index is 1.97. The van der Waals surface area contributed by atoms with Crippen molar-refractivity contribution < 1.29 is 9.47 Å². The predicted octanol–water partition coefficient (Wildman–Crippen LogP) is 3.59. The lowest BCUT2D eigenvalue weighted by Gasteiger charge is -2.35. The van der Waals surface area contributed by atoms with Crippen LogP contribution < -0.4 is 0 Å². The van der Waals surface area contributed by atoms with E-state index in [0.29, 0.717) is 5.92 Å². The summed E-state index contributed by atoms with van der Waals surface area (Å²) in [6, 6.07) is 6.17. The zero-order valence-electron chi connectivity index (χ0n) is 10.6. The molecule has 0 atom stereocenters. The highest BCUT2D eigenvalue weighted by Crippen LogP contribution is 2.24. The van der Waals surface area contributed by atoms with Crippen molar-refractivity contribution in [1.29, 1.82) is 0 Å². The quantitative estimate of drug-likeness (QED) is 0.803. The SMILES string of the molecule is Cc1cc(Cl)cc(CC2COC(C)(C)OC2)c1. The first-order valence-corrected chi connectivity index (χ1v) is 6.36. The van der Waals surface area contributed by atoms with Crippen molar-refractivity contribution in [3.8, 4) is 0 Å². The number of hydrogen-bond donors (Lipinski definition) is 0. The first-order chi connectivity index (χ1) is 7.94. The summed E-state index contributed by atoms with van der Waals surface area (Å²) in [6.45, 7) is 7.46. The van der Waals surface area contributed by atoms with Crippen molar-refractivity contribution in [1.82, 2.24) is 0 Å². The second kappa shape index (κ2) is 4.97. The van der Waals surface area contributed by atoms with Crippen LogP contribution in [0.3, 0.4) is 0 Å². The Morgan fingerprint density at radius 1 is 1.24 bits per heavy atom. The molecule has 0 spiro atoms. The molecule has 1 aliphatic rings. The number of halogens is 1. The van der Waals surface area contributed by atoms with E-state index in [0.717, 1.165) is 24.7 Å². The normalized spacial score (nSPS) is 20.5. The highest BCUT2D eigenvalue weighted by Gasteiger charge is 2.28. The molecule has 0 N–H and O–H groups in total. The lowest BCUT2D eigenvalue weighted by Crippen LogP contribution is -2.39. The van der Waals surface area contributed by atoms with Gasteiger partial charge in [0.2, 0.25) is 0 Å². The van der Waals surface area contributed by atoms with E-state index >= 15 is 0 Å². The molecule has 0 amide bonds. The van der Waals surface area contributed by atoms with Gasteiger partial charge in [-0.2, -0.15) is 0 Å².